The van der Waals surface area contributed by atoms with Crippen molar-refractivity contribution in [2.45, 2.75) is 18.6 Å². The fraction of sp³-hybridized carbons (Fsp3) is 0.130. The number of carbonyl (C=O) groups is 2. The van der Waals surface area contributed by atoms with Crippen LogP contribution in [0.25, 0.3) is 0 Å². The Bertz CT molecular complexity index is 1150. The Morgan fingerprint density at radius 3 is 2.40 bits per heavy atom. The molecule has 0 fully saturated rings. The van der Waals surface area contributed by atoms with Crippen molar-refractivity contribution in [3.63, 3.8) is 0 Å². The summed E-state index contributed by atoms with van der Waals surface area (Å²) in [5, 5.41) is 12.4. The number of benzene rings is 3. The highest BCUT2D eigenvalue weighted by Crippen LogP contribution is 2.44. The molecule has 3 aromatic carbocycles. The third-order valence-corrected chi connectivity index (χ3v) is 5.66. The van der Waals surface area contributed by atoms with Gasteiger partial charge in [0.2, 0.25) is 0 Å². The summed E-state index contributed by atoms with van der Waals surface area (Å²) >= 11 is 12.1. The quantitative estimate of drug-likeness (QED) is 0.449. The van der Waals surface area contributed by atoms with Crippen LogP contribution in [-0.2, 0) is 16.9 Å². The minimum atomic E-state index is -2.02. The van der Waals surface area contributed by atoms with E-state index in [1.165, 1.54) is 17.0 Å². The second-order valence-electron chi connectivity index (χ2n) is 7.26. The minimum absolute atomic E-state index is 0.222. The minimum Gasteiger partial charge on any atom is -0.399 e. The highest BCUT2D eigenvalue weighted by molar-refractivity contribution is 6.31. The summed E-state index contributed by atoms with van der Waals surface area (Å²) in [6, 6.07) is 18.4. The molecule has 1 aliphatic heterocycles. The number of Topliss-reactive ketones (excluding diaryl/α,β-unsaturated/α-hetero) is 1. The Morgan fingerprint density at radius 1 is 1.00 bits per heavy atom. The van der Waals surface area contributed by atoms with E-state index in [0.29, 0.717) is 32.5 Å². The predicted molar refractivity (Wildman–Crippen MR) is 118 cm³/mol. The van der Waals surface area contributed by atoms with E-state index in [2.05, 4.69) is 0 Å². The van der Waals surface area contributed by atoms with Crippen molar-refractivity contribution in [2.24, 2.45) is 0 Å². The number of hydrogen-bond acceptors (Lipinski definition) is 4. The molecule has 0 saturated heterocycles. The topological polar surface area (TPSA) is 83.6 Å². The Labute approximate surface area is 183 Å². The lowest BCUT2D eigenvalue weighted by Gasteiger charge is -2.23. The number of carbonyl (C=O) groups excluding carboxylic acids is 2. The summed E-state index contributed by atoms with van der Waals surface area (Å²) in [6.07, 6.45) is -0.417. The molecule has 1 atom stereocenters. The second kappa shape index (κ2) is 7.76. The standard InChI is InChI=1S/C23H18Cl2N2O3/c24-16-6-4-14(5-7-16)13-27-20-9-8-17(25)11-19(20)23(30,22(27)29)12-21(28)15-2-1-3-18(26)10-15/h1-11,30H,12-13,26H2/t23-/m1/s1. The van der Waals surface area contributed by atoms with E-state index in [1.807, 2.05) is 0 Å². The molecule has 30 heavy (non-hydrogen) atoms. The van der Waals surface area contributed by atoms with Crippen LogP contribution < -0.4 is 10.6 Å². The Balaban J connectivity index is 1.71. The van der Waals surface area contributed by atoms with Gasteiger partial charge in [0.1, 0.15) is 0 Å². The SMILES string of the molecule is Nc1cccc(C(=O)C[C@]2(O)C(=O)N(Cc3ccc(Cl)cc3)c3ccc(Cl)cc32)c1. The van der Waals surface area contributed by atoms with Gasteiger partial charge in [-0.2, -0.15) is 0 Å². The molecular weight excluding hydrogens is 423 g/mol. The number of ketones is 1. The summed E-state index contributed by atoms with van der Waals surface area (Å²) in [4.78, 5) is 27.7. The average molecular weight is 441 g/mol. The fourth-order valence-corrected chi connectivity index (χ4v) is 3.97. The van der Waals surface area contributed by atoms with Crippen LogP contribution in [0, 0.1) is 0 Å². The molecule has 0 aliphatic carbocycles. The number of aliphatic hydroxyl groups is 1. The molecule has 0 aromatic heterocycles. The van der Waals surface area contributed by atoms with Crippen molar-refractivity contribution in [3.8, 4) is 0 Å². The van der Waals surface area contributed by atoms with Gasteiger partial charge in [-0.3, -0.25) is 9.59 Å². The third kappa shape index (κ3) is 3.67. The summed E-state index contributed by atoms with van der Waals surface area (Å²) in [7, 11) is 0. The van der Waals surface area contributed by atoms with Gasteiger partial charge in [0.25, 0.3) is 5.91 Å². The third-order valence-electron chi connectivity index (χ3n) is 5.17. The first kappa shape index (κ1) is 20.4. The van der Waals surface area contributed by atoms with Gasteiger partial charge in [-0.1, -0.05) is 47.5 Å². The number of amides is 1. The van der Waals surface area contributed by atoms with Gasteiger partial charge in [0.15, 0.2) is 11.4 Å². The molecule has 0 saturated carbocycles. The fourth-order valence-electron chi connectivity index (χ4n) is 3.67. The van der Waals surface area contributed by atoms with Gasteiger partial charge in [-0.25, -0.2) is 0 Å². The number of anilines is 2. The molecule has 1 amide bonds. The van der Waals surface area contributed by atoms with Crippen LogP contribution in [0.3, 0.4) is 0 Å². The van der Waals surface area contributed by atoms with Crippen molar-refractivity contribution in [1.29, 1.82) is 0 Å². The van der Waals surface area contributed by atoms with E-state index in [9.17, 15) is 14.7 Å². The van der Waals surface area contributed by atoms with Crippen LogP contribution in [0.15, 0.2) is 66.7 Å². The number of nitrogens with zero attached hydrogens (tertiary/aromatic N) is 1. The maximum absolute atomic E-state index is 13.3. The molecule has 3 N–H and O–H groups in total. The van der Waals surface area contributed by atoms with Gasteiger partial charge in [-0.05, 0) is 48.0 Å². The number of halogens is 2. The molecule has 1 aliphatic rings. The van der Waals surface area contributed by atoms with Crippen LogP contribution in [0.5, 0.6) is 0 Å². The van der Waals surface area contributed by atoms with Gasteiger partial charge in [-0.15, -0.1) is 0 Å². The van der Waals surface area contributed by atoms with E-state index in [0.717, 1.165) is 5.56 Å². The van der Waals surface area contributed by atoms with Crippen LogP contribution in [-0.4, -0.2) is 16.8 Å². The highest BCUT2D eigenvalue weighted by Gasteiger charge is 2.51. The zero-order valence-electron chi connectivity index (χ0n) is 15.8. The summed E-state index contributed by atoms with van der Waals surface area (Å²) in [6.45, 7) is 0.222. The number of hydrogen-bond donors (Lipinski definition) is 2. The lowest BCUT2D eigenvalue weighted by molar-refractivity contribution is -0.136. The average Bonchev–Trinajstić information content (AvgIpc) is 2.91. The molecule has 4 rings (SSSR count). The Morgan fingerprint density at radius 2 is 1.70 bits per heavy atom. The smallest absolute Gasteiger partial charge is 0.264 e. The largest absolute Gasteiger partial charge is 0.399 e. The molecular formula is C23H18Cl2N2O3. The second-order valence-corrected chi connectivity index (χ2v) is 8.14. The normalized spacial score (nSPS) is 17.8. The molecule has 1 heterocycles. The first-order valence-corrected chi connectivity index (χ1v) is 10.0. The predicted octanol–water partition coefficient (Wildman–Crippen LogP) is 4.58. The summed E-state index contributed by atoms with van der Waals surface area (Å²) < 4.78 is 0. The number of nitrogen functional groups attached to an aromatic ring is 1. The Hall–Kier alpha value is -2.86. The van der Waals surface area contributed by atoms with E-state index < -0.39 is 23.7 Å². The first-order valence-electron chi connectivity index (χ1n) is 9.25. The van der Waals surface area contributed by atoms with Crippen LogP contribution in [0.4, 0.5) is 11.4 Å². The van der Waals surface area contributed by atoms with E-state index >= 15 is 0 Å². The Kier molecular flexibility index (Phi) is 5.28. The van der Waals surface area contributed by atoms with E-state index in [-0.39, 0.29) is 6.54 Å². The van der Waals surface area contributed by atoms with Crippen molar-refractivity contribution >= 4 is 46.3 Å². The van der Waals surface area contributed by atoms with Crippen LogP contribution in [0.1, 0.15) is 27.9 Å². The van der Waals surface area contributed by atoms with E-state index in [4.69, 9.17) is 28.9 Å². The molecule has 0 spiro atoms. The molecule has 0 radical (unpaired) electrons. The van der Waals surface area contributed by atoms with Gasteiger partial charge in [0.05, 0.1) is 18.7 Å². The van der Waals surface area contributed by atoms with Crippen molar-refractivity contribution in [2.75, 3.05) is 10.6 Å². The van der Waals surface area contributed by atoms with E-state index in [1.54, 1.807) is 54.6 Å². The molecule has 5 nitrogen and oxygen atoms in total. The molecule has 0 unspecified atom stereocenters. The zero-order valence-corrected chi connectivity index (χ0v) is 17.3. The van der Waals surface area contributed by atoms with Gasteiger partial charge in [0, 0.05) is 26.9 Å². The maximum atomic E-state index is 13.3. The highest BCUT2D eigenvalue weighted by atomic mass is 35.5. The first-order chi connectivity index (χ1) is 14.3. The number of fused-ring (bicyclic) bond motifs is 1. The van der Waals surface area contributed by atoms with Gasteiger partial charge >= 0.3 is 0 Å². The lowest BCUT2D eigenvalue weighted by Crippen LogP contribution is -2.41. The van der Waals surface area contributed by atoms with Crippen LogP contribution in [0.2, 0.25) is 10.0 Å². The summed E-state index contributed by atoms with van der Waals surface area (Å²) in [5.41, 5.74) is 6.16. The monoisotopic (exact) mass is 440 g/mol. The van der Waals surface area contributed by atoms with Gasteiger partial charge < -0.3 is 15.7 Å². The number of rotatable bonds is 5. The van der Waals surface area contributed by atoms with Crippen LogP contribution >= 0.6 is 23.2 Å². The molecule has 7 heteroatoms. The molecule has 152 valence electrons. The lowest BCUT2D eigenvalue weighted by atomic mass is 9.88. The van der Waals surface area contributed by atoms with Crippen molar-refractivity contribution in [3.05, 3.63) is 93.5 Å². The van der Waals surface area contributed by atoms with Crippen molar-refractivity contribution < 1.29 is 14.7 Å². The zero-order chi connectivity index (χ0) is 21.5. The maximum Gasteiger partial charge on any atom is 0.264 e. The molecule has 3 aromatic rings. The van der Waals surface area contributed by atoms with Crippen molar-refractivity contribution in [1.82, 2.24) is 0 Å². The number of nitrogens with two attached hydrogens (primary N) is 1. The molecule has 0 bridgehead atoms. The summed E-state index contributed by atoms with van der Waals surface area (Å²) in [5.74, 6) is -0.968.